The highest BCUT2D eigenvalue weighted by atomic mass is 35.5. The van der Waals surface area contributed by atoms with Crippen molar-refractivity contribution in [2.45, 2.75) is 31.5 Å². The maximum absolute atomic E-state index is 13.5. The monoisotopic (exact) mass is 363 g/mol. The molecule has 0 fully saturated rings. The molecule has 0 bridgehead atoms. The van der Waals surface area contributed by atoms with Gasteiger partial charge < -0.3 is 5.32 Å². The van der Waals surface area contributed by atoms with Crippen molar-refractivity contribution in [2.24, 2.45) is 5.92 Å². The summed E-state index contributed by atoms with van der Waals surface area (Å²) < 4.78 is 40.5. The molecular weight excluding hydrogens is 347 g/mol. The van der Waals surface area contributed by atoms with Gasteiger partial charge in [0, 0.05) is 16.6 Å². The molecule has 0 spiro atoms. The van der Waals surface area contributed by atoms with Gasteiger partial charge in [0.25, 0.3) is 0 Å². The van der Waals surface area contributed by atoms with Gasteiger partial charge in [0.2, 0.25) is 0 Å². The van der Waals surface area contributed by atoms with E-state index in [1.165, 1.54) is 12.1 Å². The third-order valence-electron chi connectivity index (χ3n) is 5.23. The van der Waals surface area contributed by atoms with E-state index in [1.54, 1.807) is 12.1 Å². The van der Waals surface area contributed by atoms with E-state index in [2.05, 4.69) is 17.5 Å². The molecule has 4 rings (SSSR count). The SMILES string of the molecule is Cc1cc(Cl)cc2c1N[C@H](c1ccccc1C(F)(F)F)[C@@H]1CC=C[C@H]21. The van der Waals surface area contributed by atoms with E-state index in [0.29, 0.717) is 10.6 Å². The molecule has 0 saturated carbocycles. The Morgan fingerprint density at radius 3 is 2.64 bits per heavy atom. The van der Waals surface area contributed by atoms with Crippen LogP contribution in [0.5, 0.6) is 0 Å². The van der Waals surface area contributed by atoms with E-state index in [0.717, 1.165) is 23.2 Å². The van der Waals surface area contributed by atoms with Gasteiger partial charge in [-0.2, -0.15) is 13.2 Å². The molecule has 0 aromatic heterocycles. The molecule has 2 aliphatic rings. The van der Waals surface area contributed by atoms with Gasteiger partial charge in [0.1, 0.15) is 0 Å². The average Bonchev–Trinajstić information content (AvgIpc) is 3.03. The number of halogens is 4. The van der Waals surface area contributed by atoms with E-state index >= 15 is 0 Å². The molecule has 0 amide bonds. The number of anilines is 1. The van der Waals surface area contributed by atoms with Crippen molar-refractivity contribution in [1.29, 1.82) is 0 Å². The van der Waals surface area contributed by atoms with E-state index in [9.17, 15) is 13.2 Å². The normalized spacial score (nSPS) is 24.6. The van der Waals surface area contributed by atoms with Crippen molar-refractivity contribution in [1.82, 2.24) is 0 Å². The lowest BCUT2D eigenvalue weighted by Crippen LogP contribution is -2.31. The first-order valence-electron chi connectivity index (χ1n) is 8.25. The molecule has 2 aromatic carbocycles. The quantitative estimate of drug-likeness (QED) is 0.571. The first-order chi connectivity index (χ1) is 11.9. The van der Waals surface area contributed by atoms with Gasteiger partial charge in [-0.05, 0) is 54.2 Å². The lowest BCUT2D eigenvalue weighted by molar-refractivity contribution is -0.138. The Hall–Kier alpha value is -1.94. The van der Waals surface area contributed by atoms with Crippen molar-refractivity contribution >= 4 is 17.3 Å². The van der Waals surface area contributed by atoms with Crippen LogP contribution in [0, 0.1) is 12.8 Å². The summed E-state index contributed by atoms with van der Waals surface area (Å²) in [7, 11) is 0. The highest BCUT2D eigenvalue weighted by Crippen LogP contribution is 2.52. The lowest BCUT2D eigenvalue weighted by atomic mass is 9.75. The summed E-state index contributed by atoms with van der Waals surface area (Å²) in [5.74, 6) is 0.133. The fraction of sp³-hybridized carbons (Fsp3) is 0.300. The van der Waals surface area contributed by atoms with Crippen molar-refractivity contribution in [2.75, 3.05) is 5.32 Å². The number of aryl methyl sites for hydroxylation is 1. The van der Waals surface area contributed by atoms with Gasteiger partial charge in [0.15, 0.2) is 0 Å². The van der Waals surface area contributed by atoms with Crippen LogP contribution in [0.4, 0.5) is 18.9 Å². The van der Waals surface area contributed by atoms with Gasteiger partial charge in [-0.15, -0.1) is 0 Å². The number of fused-ring (bicyclic) bond motifs is 3. The minimum atomic E-state index is -4.37. The lowest BCUT2D eigenvalue weighted by Gasteiger charge is -2.39. The maximum atomic E-state index is 13.5. The number of hydrogen-bond acceptors (Lipinski definition) is 1. The highest BCUT2D eigenvalue weighted by molar-refractivity contribution is 6.30. The first kappa shape index (κ1) is 16.5. The summed E-state index contributed by atoms with van der Waals surface area (Å²) in [6, 6.07) is 9.26. The van der Waals surface area contributed by atoms with Crippen molar-refractivity contribution in [3.8, 4) is 0 Å². The van der Waals surface area contributed by atoms with Crippen LogP contribution in [-0.2, 0) is 6.18 Å². The number of rotatable bonds is 1. The van der Waals surface area contributed by atoms with Gasteiger partial charge in [0.05, 0.1) is 11.6 Å². The van der Waals surface area contributed by atoms with Crippen LogP contribution in [-0.4, -0.2) is 0 Å². The Balaban J connectivity index is 1.86. The Morgan fingerprint density at radius 2 is 1.88 bits per heavy atom. The summed E-state index contributed by atoms with van der Waals surface area (Å²) in [6.45, 7) is 1.93. The zero-order valence-corrected chi connectivity index (χ0v) is 14.3. The smallest absolute Gasteiger partial charge is 0.377 e. The zero-order chi connectivity index (χ0) is 17.8. The van der Waals surface area contributed by atoms with Crippen LogP contribution >= 0.6 is 11.6 Å². The van der Waals surface area contributed by atoms with Crippen LogP contribution in [0.1, 0.15) is 40.6 Å². The summed E-state index contributed by atoms with van der Waals surface area (Å²) >= 11 is 6.21. The standard InChI is InChI=1S/C20H17ClF3N/c1-11-9-12(21)10-16-13-6-4-7-14(13)19(25-18(11)16)15-5-2-3-8-17(15)20(22,23)24/h2-6,8-10,13-14,19,25H,7H2,1H3/t13-,14+,19-/m0/s1. The molecule has 1 nitrogen and oxygen atoms in total. The molecule has 130 valence electrons. The average molecular weight is 364 g/mol. The molecule has 25 heavy (non-hydrogen) atoms. The van der Waals surface area contributed by atoms with Crippen molar-refractivity contribution in [3.63, 3.8) is 0 Å². The number of nitrogens with one attached hydrogen (secondary N) is 1. The fourth-order valence-corrected chi connectivity index (χ4v) is 4.46. The van der Waals surface area contributed by atoms with Gasteiger partial charge >= 0.3 is 6.18 Å². The summed E-state index contributed by atoms with van der Waals surface area (Å²) in [4.78, 5) is 0. The molecule has 5 heteroatoms. The molecular formula is C20H17ClF3N. The number of benzene rings is 2. The Labute approximate surface area is 149 Å². The minimum absolute atomic E-state index is 0.0499. The number of alkyl halides is 3. The van der Waals surface area contributed by atoms with E-state index in [1.807, 2.05) is 19.1 Å². The van der Waals surface area contributed by atoms with E-state index in [4.69, 9.17) is 11.6 Å². The third-order valence-corrected chi connectivity index (χ3v) is 5.45. The molecule has 0 unspecified atom stereocenters. The topological polar surface area (TPSA) is 12.0 Å². The van der Waals surface area contributed by atoms with Crippen LogP contribution < -0.4 is 5.32 Å². The first-order valence-corrected chi connectivity index (χ1v) is 8.63. The molecule has 0 saturated heterocycles. The molecule has 1 heterocycles. The molecule has 1 aliphatic carbocycles. The molecule has 0 radical (unpaired) electrons. The Morgan fingerprint density at radius 1 is 1.12 bits per heavy atom. The molecule has 3 atom stereocenters. The second-order valence-corrected chi connectivity index (χ2v) is 7.18. The van der Waals surface area contributed by atoms with Gasteiger partial charge in [-0.25, -0.2) is 0 Å². The van der Waals surface area contributed by atoms with E-state index in [-0.39, 0.29) is 17.9 Å². The summed E-state index contributed by atoms with van der Waals surface area (Å²) in [6.07, 6.45) is 0.545. The van der Waals surface area contributed by atoms with Crippen LogP contribution in [0.15, 0.2) is 48.6 Å². The molecule has 1 N–H and O–H groups in total. The fourth-order valence-electron chi connectivity index (χ4n) is 4.18. The summed E-state index contributed by atoms with van der Waals surface area (Å²) in [5.41, 5.74) is 2.68. The van der Waals surface area contributed by atoms with Gasteiger partial charge in [-0.1, -0.05) is 42.0 Å². The van der Waals surface area contributed by atoms with Crippen LogP contribution in [0.3, 0.4) is 0 Å². The second kappa shape index (κ2) is 5.80. The van der Waals surface area contributed by atoms with Crippen molar-refractivity contribution in [3.05, 3.63) is 75.8 Å². The minimum Gasteiger partial charge on any atom is -0.377 e. The predicted molar refractivity (Wildman–Crippen MR) is 94.0 cm³/mol. The summed E-state index contributed by atoms with van der Waals surface area (Å²) in [5, 5.41) is 4.05. The molecule has 1 aliphatic heterocycles. The number of allylic oxidation sites excluding steroid dienone is 2. The predicted octanol–water partition coefficient (Wildman–Crippen LogP) is 6.49. The third kappa shape index (κ3) is 2.73. The Kier molecular flexibility index (Phi) is 3.84. The molecule has 2 aromatic rings. The van der Waals surface area contributed by atoms with Crippen molar-refractivity contribution < 1.29 is 13.2 Å². The largest absolute Gasteiger partial charge is 0.416 e. The highest BCUT2D eigenvalue weighted by Gasteiger charge is 2.42. The second-order valence-electron chi connectivity index (χ2n) is 6.75. The van der Waals surface area contributed by atoms with Crippen LogP contribution in [0.2, 0.25) is 5.02 Å². The maximum Gasteiger partial charge on any atom is 0.416 e. The van der Waals surface area contributed by atoms with E-state index < -0.39 is 11.7 Å². The Bertz CT molecular complexity index is 857. The van der Waals surface area contributed by atoms with Crippen LogP contribution in [0.25, 0.3) is 0 Å². The zero-order valence-electron chi connectivity index (χ0n) is 13.6. The number of hydrogen-bond donors (Lipinski definition) is 1. The van der Waals surface area contributed by atoms with Gasteiger partial charge in [-0.3, -0.25) is 0 Å².